The highest BCUT2D eigenvalue weighted by Gasteiger charge is 2.40. The summed E-state index contributed by atoms with van der Waals surface area (Å²) in [6.07, 6.45) is 1.36. The predicted molar refractivity (Wildman–Crippen MR) is 208 cm³/mol. The van der Waals surface area contributed by atoms with Crippen molar-refractivity contribution in [3.8, 4) is 11.5 Å². The number of benzene rings is 3. The summed E-state index contributed by atoms with van der Waals surface area (Å²) in [7, 11) is 2.76. The first-order valence-electron chi connectivity index (χ1n) is 17.9. The number of nitrogens with one attached hydrogen (secondary N) is 1. The molecule has 0 radical (unpaired) electrons. The number of ether oxygens (including phenoxy) is 5. The normalized spacial score (nSPS) is 15.2. The van der Waals surface area contributed by atoms with Gasteiger partial charge in [-0.05, 0) is 83.0 Å². The number of hydrogen-bond donors (Lipinski definition) is 3. The van der Waals surface area contributed by atoms with E-state index in [2.05, 4.69) is 29.6 Å². The highest BCUT2D eigenvalue weighted by molar-refractivity contribution is 6.30. The molecular weight excluding hydrogens is 748 g/mol. The van der Waals surface area contributed by atoms with E-state index < -0.39 is 54.1 Å². The molecule has 0 spiro atoms. The molecule has 3 N–H and O–H groups in total. The summed E-state index contributed by atoms with van der Waals surface area (Å²) in [5, 5.41) is 19.5. The van der Waals surface area contributed by atoms with Gasteiger partial charge in [-0.15, -0.1) is 0 Å². The Morgan fingerprint density at radius 2 is 1.57 bits per heavy atom. The van der Waals surface area contributed by atoms with Gasteiger partial charge in [-0.1, -0.05) is 54.1 Å². The Balaban J connectivity index is 0.000000946. The molecule has 1 aliphatic heterocycles. The molecule has 0 saturated heterocycles. The molecule has 1 aliphatic rings. The second-order valence-electron chi connectivity index (χ2n) is 13.4. The van der Waals surface area contributed by atoms with Gasteiger partial charge >= 0.3 is 23.9 Å². The summed E-state index contributed by atoms with van der Waals surface area (Å²) >= 11 is 6.48. The van der Waals surface area contributed by atoms with Crippen molar-refractivity contribution in [2.24, 2.45) is 0 Å². The zero-order chi connectivity index (χ0) is 41.3. The topological polar surface area (TPSA) is 187 Å². The molecule has 3 aromatic carbocycles. The molecule has 2 unspecified atom stereocenters. The lowest BCUT2D eigenvalue weighted by atomic mass is 9.98. The van der Waals surface area contributed by atoms with E-state index in [1.165, 1.54) is 24.7 Å². The Labute approximate surface area is 331 Å². The number of anilines is 1. The third kappa shape index (κ3) is 14.7. The lowest BCUT2D eigenvalue weighted by Crippen LogP contribution is -2.44. The predicted octanol–water partition coefficient (Wildman–Crippen LogP) is 5.78. The third-order valence-corrected chi connectivity index (χ3v) is 8.21. The van der Waals surface area contributed by atoms with Gasteiger partial charge in [-0.25, -0.2) is 9.59 Å². The quantitative estimate of drug-likeness (QED) is 0.0849. The van der Waals surface area contributed by atoms with Crippen LogP contribution in [0.2, 0.25) is 5.02 Å². The van der Waals surface area contributed by atoms with Crippen LogP contribution in [0.3, 0.4) is 0 Å². The fourth-order valence-corrected chi connectivity index (χ4v) is 5.81. The third-order valence-electron chi connectivity index (χ3n) is 7.97. The van der Waals surface area contributed by atoms with Gasteiger partial charge in [0.1, 0.15) is 24.4 Å². The average Bonchev–Trinajstić information content (AvgIpc) is 3.25. The van der Waals surface area contributed by atoms with Crippen LogP contribution in [0.4, 0.5) is 5.69 Å². The molecule has 2 atom stereocenters. The van der Waals surface area contributed by atoms with E-state index in [9.17, 15) is 24.0 Å². The first-order chi connectivity index (χ1) is 26.6. The van der Waals surface area contributed by atoms with E-state index >= 15 is 0 Å². The van der Waals surface area contributed by atoms with E-state index in [0.29, 0.717) is 52.1 Å². The number of fused-ring (bicyclic) bond motifs is 1. The molecule has 1 heterocycles. The van der Waals surface area contributed by atoms with Gasteiger partial charge < -0.3 is 39.2 Å². The van der Waals surface area contributed by atoms with Gasteiger partial charge in [0, 0.05) is 28.3 Å². The fraction of sp³-hybridized carbons (Fsp3) is 0.390. The first kappa shape index (κ1) is 45.0. The van der Waals surface area contributed by atoms with Crippen LogP contribution in [0.25, 0.3) is 0 Å². The Morgan fingerprint density at radius 3 is 2.20 bits per heavy atom. The Hall–Kier alpha value is -5.44. The van der Waals surface area contributed by atoms with Gasteiger partial charge in [0.25, 0.3) is 5.91 Å². The van der Waals surface area contributed by atoms with Crippen molar-refractivity contribution in [1.82, 2.24) is 5.32 Å². The minimum Gasteiger partial charge on any atom is -0.492 e. The molecule has 4 rings (SSSR count). The van der Waals surface area contributed by atoms with Gasteiger partial charge in [0.05, 0.1) is 32.9 Å². The van der Waals surface area contributed by atoms with Crippen molar-refractivity contribution < 1.29 is 57.9 Å². The minimum atomic E-state index is -1.29. The summed E-state index contributed by atoms with van der Waals surface area (Å²) in [6, 6.07) is 20.8. The number of carboxylic acid groups (broad SMARTS) is 2. The zero-order valence-corrected chi connectivity index (χ0v) is 32.9. The van der Waals surface area contributed by atoms with Crippen LogP contribution < -0.4 is 19.7 Å². The maximum atomic E-state index is 14.0. The number of aryl methyl sites for hydroxylation is 1. The molecule has 14 nitrogen and oxygen atoms in total. The van der Waals surface area contributed by atoms with Crippen molar-refractivity contribution in [2.75, 3.05) is 45.4 Å². The summed E-state index contributed by atoms with van der Waals surface area (Å²) < 4.78 is 28.9. The number of halogens is 1. The number of esters is 2. The van der Waals surface area contributed by atoms with Crippen molar-refractivity contribution in [3.05, 3.63) is 101 Å². The summed E-state index contributed by atoms with van der Waals surface area (Å²) in [6.45, 7) is 6.96. The van der Waals surface area contributed by atoms with E-state index in [4.69, 9.17) is 45.5 Å². The molecule has 56 heavy (non-hydrogen) atoms. The van der Waals surface area contributed by atoms with Crippen molar-refractivity contribution in [1.29, 1.82) is 0 Å². The molecule has 15 heteroatoms. The highest BCUT2D eigenvalue weighted by atomic mass is 35.5. The second kappa shape index (κ2) is 22.2. The number of methoxy groups -OCH3 is 2. The molecule has 1 amide bonds. The van der Waals surface area contributed by atoms with E-state index in [-0.39, 0.29) is 6.42 Å². The molecule has 0 fully saturated rings. The monoisotopic (exact) mass is 796 g/mol. The van der Waals surface area contributed by atoms with Crippen molar-refractivity contribution in [2.45, 2.75) is 64.3 Å². The smallest absolute Gasteiger partial charge is 0.328 e. The first-order valence-corrected chi connectivity index (χ1v) is 18.2. The summed E-state index contributed by atoms with van der Waals surface area (Å²) in [5.74, 6) is -3.47. The van der Waals surface area contributed by atoms with Crippen LogP contribution in [-0.4, -0.2) is 92.2 Å². The van der Waals surface area contributed by atoms with Crippen LogP contribution in [-0.2, 0) is 44.6 Å². The van der Waals surface area contributed by atoms with Crippen molar-refractivity contribution in [3.63, 3.8) is 0 Å². The standard InChI is InChI=1S/C37H45ClN2O8.C4H4O4/c1-37(2,3)48-33(42)24-40-29-18-17-26(38)22-28(29)34(47-31(36(40)43)23-32(41)44-4)27-15-9-16-30(35(27)45-5)46-21-11-20-39-19-10-14-25-12-7-6-8-13-25;5-3(6)1-2-4(7)8/h6-9,12-13,15-18,22,31,34,39H,10-11,14,19-21,23-24H2,1-5H3;1-2H,(H,5,6)(H,7,8)/b;2-1+. The number of aliphatic carboxylic acids is 2. The Bertz CT molecular complexity index is 1810. The van der Waals surface area contributed by atoms with Crippen LogP contribution in [0.1, 0.15) is 62.8 Å². The minimum absolute atomic E-state index is 0.380. The van der Waals surface area contributed by atoms with Crippen molar-refractivity contribution >= 4 is 47.1 Å². The maximum absolute atomic E-state index is 14.0. The number of hydrogen-bond acceptors (Lipinski definition) is 11. The molecule has 0 aliphatic carbocycles. The highest BCUT2D eigenvalue weighted by Crippen LogP contribution is 2.45. The zero-order valence-electron chi connectivity index (χ0n) is 32.1. The fourth-order valence-electron chi connectivity index (χ4n) is 5.63. The average molecular weight is 797 g/mol. The van der Waals surface area contributed by atoms with Crippen LogP contribution in [0.15, 0.2) is 78.9 Å². The maximum Gasteiger partial charge on any atom is 0.328 e. The molecule has 0 aromatic heterocycles. The number of carboxylic acids is 2. The van der Waals surface area contributed by atoms with E-state index in [1.807, 2.05) is 12.1 Å². The summed E-state index contributed by atoms with van der Waals surface area (Å²) in [4.78, 5) is 59.8. The summed E-state index contributed by atoms with van der Waals surface area (Å²) in [5.41, 5.74) is 2.00. The number of rotatable bonds is 17. The Morgan fingerprint density at radius 1 is 0.893 bits per heavy atom. The number of nitrogens with zero attached hydrogens (tertiary/aromatic N) is 1. The van der Waals surface area contributed by atoms with Gasteiger partial charge in [0.2, 0.25) is 0 Å². The van der Waals surface area contributed by atoms with Crippen LogP contribution in [0.5, 0.6) is 11.5 Å². The molecule has 0 bridgehead atoms. The Kier molecular flexibility index (Phi) is 17.8. The van der Waals surface area contributed by atoms with Crippen LogP contribution >= 0.6 is 11.6 Å². The van der Waals surface area contributed by atoms with E-state index in [1.54, 1.807) is 51.1 Å². The lowest BCUT2D eigenvalue weighted by molar-refractivity contribution is -0.154. The molecular formula is C41H49ClN2O12. The second-order valence-corrected chi connectivity index (χ2v) is 13.9. The number of para-hydroxylation sites is 1. The number of amides is 1. The van der Waals surface area contributed by atoms with Gasteiger partial charge in [-0.3, -0.25) is 19.3 Å². The molecule has 302 valence electrons. The number of carbonyl (C=O) groups excluding carboxylic acids is 3. The van der Waals surface area contributed by atoms with Gasteiger partial charge in [-0.2, -0.15) is 0 Å². The van der Waals surface area contributed by atoms with E-state index in [0.717, 1.165) is 32.4 Å². The van der Waals surface area contributed by atoms with Gasteiger partial charge in [0.15, 0.2) is 11.5 Å². The molecule has 0 saturated carbocycles. The van der Waals surface area contributed by atoms with Crippen LogP contribution in [0, 0.1) is 0 Å². The largest absolute Gasteiger partial charge is 0.492 e. The molecule has 3 aromatic rings. The number of carbonyl (C=O) groups is 5. The lowest BCUT2D eigenvalue weighted by Gasteiger charge is -2.26. The SMILES string of the molecule is COC(=O)CC1OC(c2cccc(OCCCNCCCc3ccccc3)c2OC)c2cc(Cl)ccc2N(CC(=O)OC(C)(C)C)C1=O.O=C(O)/C=C/C(=O)O.